The minimum atomic E-state index is -0.586. The molecule has 0 fully saturated rings. The number of fused-ring (bicyclic) bond motifs is 1. The maximum Gasteiger partial charge on any atom is 0.259 e. The second-order valence-corrected chi connectivity index (χ2v) is 10.3. The fourth-order valence-corrected chi connectivity index (χ4v) is 5.24. The molecule has 0 saturated carbocycles. The molecule has 1 heterocycles. The molecule has 0 saturated heterocycles. The molecule has 3 aromatic carbocycles. The van der Waals surface area contributed by atoms with Gasteiger partial charge in [-0.15, -0.1) is 0 Å². The SMILES string of the molecule is CCCOc1cccc([C@@H]2C3=C(CC(C)(C)CC3=O)Nc3ccccc3N2C(=O)c2ccccc2)c1. The lowest BCUT2D eigenvalue weighted by molar-refractivity contribution is -0.118. The Kier molecular flexibility index (Phi) is 6.40. The fraction of sp³-hybridized carbons (Fsp3) is 0.290. The number of anilines is 2. The van der Waals surface area contributed by atoms with Crippen molar-refractivity contribution in [3.05, 3.63) is 101 Å². The molecule has 0 aromatic heterocycles. The smallest absolute Gasteiger partial charge is 0.259 e. The van der Waals surface area contributed by atoms with Crippen molar-refractivity contribution in [3.8, 4) is 5.75 Å². The molecule has 3 aromatic rings. The molecule has 1 amide bonds. The molecule has 2 aliphatic rings. The van der Waals surface area contributed by atoms with E-state index in [4.69, 9.17) is 4.74 Å². The van der Waals surface area contributed by atoms with Crippen LogP contribution in [0.25, 0.3) is 0 Å². The number of carbonyl (C=O) groups is 2. The summed E-state index contributed by atoms with van der Waals surface area (Å²) >= 11 is 0. The van der Waals surface area contributed by atoms with Gasteiger partial charge in [-0.3, -0.25) is 14.5 Å². The fourth-order valence-electron chi connectivity index (χ4n) is 5.24. The van der Waals surface area contributed by atoms with Gasteiger partial charge in [-0.05, 0) is 60.2 Å². The van der Waals surface area contributed by atoms with Gasteiger partial charge in [0.25, 0.3) is 5.91 Å². The van der Waals surface area contributed by atoms with Gasteiger partial charge in [0.15, 0.2) is 5.78 Å². The number of amides is 1. The van der Waals surface area contributed by atoms with Crippen molar-refractivity contribution < 1.29 is 14.3 Å². The lowest BCUT2D eigenvalue weighted by Crippen LogP contribution is -2.39. The standard InChI is InChI=1S/C31H32N2O3/c1-4-17-36-23-14-10-13-22(18-23)29-28-25(19-31(2,3)20-27(28)34)32-24-15-8-9-16-26(24)33(29)30(35)21-11-6-5-7-12-21/h5-16,18,29,32H,4,17,19-20H2,1-3H3/t29-/m1/s1. The molecule has 36 heavy (non-hydrogen) atoms. The van der Waals surface area contributed by atoms with Gasteiger partial charge in [0.2, 0.25) is 0 Å². The van der Waals surface area contributed by atoms with Crippen LogP contribution in [0.15, 0.2) is 90.1 Å². The zero-order valence-corrected chi connectivity index (χ0v) is 21.1. The van der Waals surface area contributed by atoms with Crippen LogP contribution in [-0.4, -0.2) is 18.3 Å². The first-order valence-corrected chi connectivity index (χ1v) is 12.6. The molecule has 0 unspecified atom stereocenters. The van der Waals surface area contributed by atoms with Gasteiger partial charge in [-0.2, -0.15) is 0 Å². The highest BCUT2D eigenvalue weighted by Crippen LogP contribution is 2.49. The number of Topliss-reactive ketones (excluding diaryl/α,β-unsaturated/α-hetero) is 1. The predicted molar refractivity (Wildman–Crippen MR) is 143 cm³/mol. The van der Waals surface area contributed by atoms with E-state index < -0.39 is 6.04 Å². The average molecular weight is 481 g/mol. The van der Waals surface area contributed by atoms with Crippen molar-refractivity contribution in [1.29, 1.82) is 0 Å². The normalized spacial score (nSPS) is 18.6. The summed E-state index contributed by atoms with van der Waals surface area (Å²) in [6.45, 7) is 6.91. The second kappa shape index (κ2) is 9.65. The minimum Gasteiger partial charge on any atom is -0.494 e. The van der Waals surface area contributed by atoms with E-state index in [0.29, 0.717) is 24.2 Å². The van der Waals surface area contributed by atoms with Crippen LogP contribution in [0.4, 0.5) is 11.4 Å². The second-order valence-electron chi connectivity index (χ2n) is 10.3. The van der Waals surface area contributed by atoms with Gasteiger partial charge in [-0.1, -0.05) is 63.2 Å². The molecule has 1 N–H and O–H groups in total. The summed E-state index contributed by atoms with van der Waals surface area (Å²) < 4.78 is 5.94. The molecule has 5 rings (SSSR count). The van der Waals surface area contributed by atoms with E-state index >= 15 is 0 Å². The molecular weight excluding hydrogens is 448 g/mol. The van der Waals surface area contributed by atoms with Crippen LogP contribution < -0.4 is 15.0 Å². The Morgan fingerprint density at radius 3 is 2.53 bits per heavy atom. The maximum absolute atomic E-state index is 14.2. The molecule has 0 spiro atoms. The Balaban J connectivity index is 1.76. The van der Waals surface area contributed by atoms with E-state index in [1.165, 1.54) is 0 Å². The Morgan fingerprint density at radius 1 is 1.00 bits per heavy atom. The Morgan fingerprint density at radius 2 is 1.75 bits per heavy atom. The number of benzene rings is 3. The molecule has 5 nitrogen and oxygen atoms in total. The third-order valence-corrected chi connectivity index (χ3v) is 6.79. The molecule has 1 aliphatic carbocycles. The summed E-state index contributed by atoms with van der Waals surface area (Å²) in [6.07, 6.45) is 2.05. The van der Waals surface area contributed by atoms with Crippen molar-refractivity contribution >= 4 is 23.1 Å². The third kappa shape index (κ3) is 4.53. The summed E-state index contributed by atoms with van der Waals surface area (Å²) in [6, 6.07) is 24.3. The van der Waals surface area contributed by atoms with Crippen molar-refractivity contribution in [2.45, 2.75) is 46.1 Å². The topological polar surface area (TPSA) is 58.6 Å². The van der Waals surface area contributed by atoms with E-state index in [2.05, 4.69) is 26.1 Å². The molecule has 5 heteroatoms. The van der Waals surface area contributed by atoms with Gasteiger partial charge in [0.1, 0.15) is 5.75 Å². The number of hydrogen-bond acceptors (Lipinski definition) is 4. The van der Waals surface area contributed by atoms with E-state index in [9.17, 15) is 9.59 Å². The molecule has 0 radical (unpaired) electrons. The summed E-state index contributed by atoms with van der Waals surface area (Å²) in [4.78, 5) is 29.8. The van der Waals surface area contributed by atoms with Crippen LogP contribution in [0.1, 0.15) is 62.0 Å². The number of hydrogen-bond donors (Lipinski definition) is 1. The van der Waals surface area contributed by atoms with E-state index in [-0.39, 0.29) is 17.1 Å². The summed E-state index contributed by atoms with van der Waals surface area (Å²) in [5.41, 5.74) is 4.36. The molecule has 1 atom stereocenters. The van der Waals surface area contributed by atoms with Crippen LogP contribution in [0, 0.1) is 5.41 Å². The number of carbonyl (C=O) groups excluding carboxylic acids is 2. The summed E-state index contributed by atoms with van der Waals surface area (Å²) in [5.74, 6) is 0.649. The average Bonchev–Trinajstić information content (AvgIpc) is 3.01. The number of allylic oxidation sites excluding steroid dienone is 1. The van der Waals surface area contributed by atoms with Crippen LogP contribution in [-0.2, 0) is 4.79 Å². The van der Waals surface area contributed by atoms with Gasteiger partial charge in [0, 0.05) is 23.3 Å². The van der Waals surface area contributed by atoms with Crippen LogP contribution >= 0.6 is 0 Å². The zero-order chi connectivity index (χ0) is 25.3. The van der Waals surface area contributed by atoms with E-state index in [1.54, 1.807) is 4.90 Å². The van der Waals surface area contributed by atoms with Gasteiger partial charge < -0.3 is 10.1 Å². The first-order chi connectivity index (χ1) is 17.4. The van der Waals surface area contributed by atoms with Gasteiger partial charge >= 0.3 is 0 Å². The van der Waals surface area contributed by atoms with E-state index in [0.717, 1.165) is 41.2 Å². The lowest BCUT2D eigenvalue weighted by atomic mass is 9.73. The molecule has 0 bridgehead atoms. The summed E-state index contributed by atoms with van der Waals surface area (Å²) in [5, 5.41) is 3.57. The van der Waals surface area contributed by atoms with Crippen molar-refractivity contribution in [2.75, 3.05) is 16.8 Å². The lowest BCUT2D eigenvalue weighted by Gasteiger charge is -2.37. The number of para-hydroxylation sites is 2. The Bertz CT molecular complexity index is 1330. The number of ketones is 1. The van der Waals surface area contributed by atoms with Gasteiger partial charge in [0.05, 0.1) is 24.0 Å². The minimum absolute atomic E-state index is 0.0669. The van der Waals surface area contributed by atoms with Crippen LogP contribution in [0.3, 0.4) is 0 Å². The van der Waals surface area contributed by atoms with Crippen molar-refractivity contribution in [1.82, 2.24) is 0 Å². The zero-order valence-electron chi connectivity index (χ0n) is 21.1. The number of ether oxygens (including phenoxy) is 1. The highest BCUT2D eigenvalue weighted by molar-refractivity contribution is 6.12. The maximum atomic E-state index is 14.2. The number of nitrogens with zero attached hydrogens (tertiary/aromatic N) is 1. The number of nitrogens with one attached hydrogen (secondary N) is 1. The van der Waals surface area contributed by atoms with Crippen molar-refractivity contribution in [3.63, 3.8) is 0 Å². The molecule has 1 aliphatic heterocycles. The first kappa shape index (κ1) is 23.9. The predicted octanol–water partition coefficient (Wildman–Crippen LogP) is 6.93. The highest BCUT2D eigenvalue weighted by Gasteiger charge is 2.43. The van der Waals surface area contributed by atoms with Crippen molar-refractivity contribution in [2.24, 2.45) is 5.41 Å². The summed E-state index contributed by atoms with van der Waals surface area (Å²) in [7, 11) is 0. The first-order valence-electron chi connectivity index (χ1n) is 12.6. The van der Waals surface area contributed by atoms with Crippen LogP contribution in [0.5, 0.6) is 5.75 Å². The quantitative estimate of drug-likeness (QED) is 0.430. The van der Waals surface area contributed by atoms with Crippen LogP contribution in [0.2, 0.25) is 0 Å². The molecular formula is C31H32N2O3. The number of rotatable bonds is 5. The Hall–Kier alpha value is -3.86. The third-order valence-electron chi connectivity index (χ3n) is 6.79. The largest absolute Gasteiger partial charge is 0.494 e. The van der Waals surface area contributed by atoms with Gasteiger partial charge in [-0.25, -0.2) is 0 Å². The Labute approximate surface area is 212 Å². The molecule has 184 valence electrons. The van der Waals surface area contributed by atoms with E-state index in [1.807, 2.05) is 78.9 Å². The monoisotopic (exact) mass is 480 g/mol. The highest BCUT2D eigenvalue weighted by atomic mass is 16.5.